The van der Waals surface area contributed by atoms with Crippen molar-refractivity contribution in [3.05, 3.63) is 89.9 Å². The maximum Gasteiger partial charge on any atom is 0.404 e. The number of amides is 2. The molecule has 1 aromatic carbocycles. The number of primary amides is 1. The predicted molar refractivity (Wildman–Crippen MR) is 139 cm³/mol. The number of hydrogen-bond acceptors (Lipinski definition) is 8. The Labute approximate surface area is 213 Å². The van der Waals surface area contributed by atoms with Crippen molar-refractivity contribution in [1.82, 2.24) is 20.3 Å². The summed E-state index contributed by atoms with van der Waals surface area (Å²) >= 11 is 0. The van der Waals surface area contributed by atoms with Gasteiger partial charge in [0.15, 0.2) is 5.75 Å². The van der Waals surface area contributed by atoms with Gasteiger partial charge in [-0.05, 0) is 67.9 Å². The Bertz CT molecular complexity index is 1390. The van der Waals surface area contributed by atoms with Gasteiger partial charge < -0.3 is 25.8 Å². The lowest BCUT2D eigenvalue weighted by molar-refractivity contribution is 0.0937. The maximum absolute atomic E-state index is 12.2. The smallest absolute Gasteiger partial charge is 0.404 e. The molecule has 0 saturated heterocycles. The van der Waals surface area contributed by atoms with Crippen LogP contribution in [0.3, 0.4) is 0 Å². The molecular weight excluding hydrogens is 472 g/mol. The molecule has 0 aliphatic carbocycles. The average molecular weight is 499 g/mol. The van der Waals surface area contributed by atoms with Gasteiger partial charge in [-0.15, -0.1) is 0 Å². The fourth-order valence-corrected chi connectivity index (χ4v) is 3.39. The summed E-state index contributed by atoms with van der Waals surface area (Å²) < 4.78 is 10.8. The Morgan fingerprint density at radius 2 is 1.78 bits per heavy atom. The molecule has 0 atom stereocenters. The molecule has 4 rings (SSSR count). The molecule has 10 heteroatoms. The third-order valence-corrected chi connectivity index (χ3v) is 5.35. The van der Waals surface area contributed by atoms with Crippen molar-refractivity contribution in [2.45, 2.75) is 13.8 Å². The molecule has 4 N–H and O–H groups in total. The number of benzene rings is 1. The van der Waals surface area contributed by atoms with Crippen LogP contribution in [0.15, 0.2) is 73.1 Å². The molecule has 0 spiro atoms. The predicted octanol–water partition coefficient (Wildman–Crippen LogP) is 4.52. The highest BCUT2D eigenvalue weighted by molar-refractivity contribution is 5.94. The molecule has 4 aromatic rings. The van der Waals surface area contributed by atoms with Crippen LogP contribution >= 0.6 is 0 Å². The molecule has 0 fully saturated rings. The number of carbonyl (C=O) groups excluding carboxylic acids is 2. The number of nitrogens with two attached hydrogens (primary N) is 1. The van der Waals surface area contributed by atoms with Crippen LogP contribution in [0.5, 0.6) is 11.5 Å². The van der Waals surface area contributed by atoms with E-state index in [-0.39, 0.29) is 19.1 Å². The molecule has 0 saturated carbocycles. The van der Waals surface area contributed by atoms with Gasteiger partial charge in [-0.2, -0.15) is 0 Å². The number of rotatable bonds is 9. The Morgan fingerprint density at radius 1 is 0.973 bits per heavy atom. The Morgan fingerprint density at radius 3 is 2.51 bits per heavy atom. The summed E-state index contributed by atoms with van der Waals surface area (Å²) in [6.07, 6.45) is 2.48. The Balaban J connectivity index is 1.45. The van der Waals surface area contributed by atoms with Crippen LogP contribution in [0.1, 0.15) is 21.6 Å². The second kappa shape index (κ2) is 11.6. The Kier molecular flexibility index (Phi) is 7.89. The largest absolute Gasteiger partial charge is 0.455 e. The average Bonchev–Trinajstić information content (AvgIpc) is 2.89. The molecule has 3 heterocycles. The quantitative estimate of drug-likeness (QED) is 0.286. The van der Waals surface area contributed by atoms with Crippen LogP contribution in [-0.4, -0.2) is 40.1 Å². The van der Waals surface area contributed by atoms with E-state index in [4.69, 9.17) is 15.5 Å². The van der Waals surface area contributed by atoms with E-state index in [9.17, 15) is 9.59 Å². The highest BCUT2D eigenvalue weighted by Gasteiger charge is 2.13. The van der Waals surface area contributed by atoms with Crippen LogP contribution in [0.25, 0.3) is 11.4 Å². The first kappa shape index (κ1) is 25.1. The number of ether oxygens (including phenoxy) is 2. The first-order chi connectivity index (χ1) is 17.9. The molecule has 0 radical (unpaired) electrons. The van der Waals surface area contributed by atoms with Gasteiger partial charge in [-0.25, -0.2) is 14.8 Å². The SMILES string of the molecule is Cc1cc(Oc2ccnc(Nc3ccc(C(=O)NCCOC(N)=O)cc3)c2)c(-c2ccccn2)nc1C. The van der Waals surface area contributed by atoms with E-state index in [1.54, 1.807) is 48.8 Å². The van der Waals surface area contributed by atoms with Gasteiger partial charge in [0, 0.05) is 35.4 Å². The van der Waals surface area contributed by atoms with Crippen LogP contribution < -0.4 is 21.1 Å². The number of aryl methyl sites for hydroxylation is 2. The highest BCUT2D eigenvalue weighted by atomic mass is 16.5. The molecule has 37 heavy (non-hydrogen) atoms. The minimum atomic E-state index is -0.882. The normalized spacial score (nSPS) is 10.4. The summed E-state index contributed by atoms with van der Waals surface area (Å²) in [4.78, 5) is 36.3. The van der Waals surface area contributed by atoms with Crippen LogP contribution in [0, 0.1) is 13.8 Å². The zero-order valence-corrected chi connectivity index (χ0v) is 20.4. The second-order valence-electron chi connectivity index (χ2n) is 8.06. The Hall–Kier alpha value is -4.99. The molecule has 3 aromatic heterocycles. The highest BCUT2D eigenvalue weighted by Crippen LogP contribution is 2.33. The molecular formula is C27H26N6O4. The van der Waals surface area contributed by atoms with E-state index < -0.39 is 6.09 Å². The van der Waals surface area contributed by atoms with Crippen LogP contribution in [0.4, 0.5) is 16.3 Å². The summed E-state index contributed by atoms with van der Waals surface area (Å²) in [5.41, 5.74) is 9.37. The van der Waals surface area contributed by atoms with Gasteiger partial charge in [0.1, 0.15) is 23.9 Å². The number of nitrogens with one attached hydrogen (secondary N) is 2. The van der Waals surface area contributed by atoms with Gasteiger partial charge in [0.25, 0.3) is 5.91 Å². The zero-order chi connectivity index (χ0) is 26.2. The fourth-order valence-electron chi connectivity index (χ4n) is 3.39. The lowest BCUT2D eigenvalue weighted by atomic mass is 10.1. The van der Waals surface area contributed by atoms with E-state index in [1.807, 2.05) is 38.1 Å². The van der Waals surface area contributed by atoms with Crippen molar-refractivity contribution >= 4 is 23.5 Å². The summed E-state index contributed by atoms with van der Waals surface area (Å²) in [5, 5.41) is 5.85. The molecule has 0 aliphatic rings. The van der Waals surface area contributed by atoms with Gasteiger partial charge in [-0.3, -0.25) is 9.78 Å². The number of aromatic nitrogens is 3. The zero-order valence-electron chi connectivity index (χ0n) is 20.4. The lowest BCUT2D eigenvalue weighted by Crippen LogP contribution is -2.28. The summed E-state index contributed by atoms with van der Waals surface area (Å²) in [5.74, 6) is 1.44. The lowest BCUT2D eigenvalue weighted by Gasteiger charge is -2.14. The monoisotopic (exact) mass is 498 g/mol. The van der Waals surface area contributed by atoms with E-state index in [2.05, 4.69) is 25.3 Å². The topological polar surface area (TPSA) is 141 Å². The number of carbonyl (C=O) groups is 2. The van der Waals surface area contributed by atoms with Crippen molar-refractivity contribution in [1.29, 1.82) is 0 Å². The summed E-state index contributed by atoms with van der Waals surface area (Å²) in [6.45, 7) is 4.10. The number of pyridine rings is 3. The van der Waals surface area contributed by atoms with Gasteiger partial charge in [0.05, 0.1) is 12.2 Å². The van der Waals surface area contributed by atoms with Gasteiger partial charge >= 0.3 is 6.09 Å². The third kappa shape index (κ3) is 6.79. The van der Waals surface area contributed by atoms with E-state index >= 15 is 0 Å². The number of nitrogens with zero attached hydrogens (tertiary/aromatic N) is 3. The molecule has 2 amide bonds. The summed E-state index contributed by atoms with van der Waals surface area (Å²) in [7, 11) is 0. The van der Waals surface area contributed by atoms with Crippen LogP contribution in [-0.2, 0) is 4.74 Å². The molecule has 10 nitrogen and oxygen atoms in total. The van der Waals surface area contributed by atoms with Crippen molar-refractivity contribution in [2.75, 3.05) is 18.5 Å². The van der Waals surface area contributed by atoms with Gasteiger partial charge in [0.2, 0.25) is 0 Å². The molecule has 0 bridgehead atoms. The van der Waals surface area contributed by atoms with E-state index in [0.29, 0.717) is 28.6 Å². The van der Waals surface area contributed by atoms with E-state index in [0.717, 1.165) is 22.6 Å². The van der Waals surface area contributed by atoms with Crippen molar-refractivity contribution in [2.24, 2.45) is 5.73 Å². The third-order valence-electron chi connectivity index (χ3n) is 5.35. The van der Waals surface area contributed by atoms with E-state index in [1.165, 1.54) is 0 Å². The summed E-state index contributed by atoms with van der Waals surface area (Å²) in [6, 6.07) is 18.0. The minimum Gasteiger partial charge on any atom is -0.455 e. The van der Waals surface area contributed by atoms with Crippen LogP contribution in [0.2, 0.25) is 0 Å². The standard InChI is InChI=1S/C27H26N6O4/c1-17-15-23(25(32-18(17)2)22-5-3-4-11-29-22)37-21-10-12-30-24(16-21)33-20-8-6-19(7-9-20)26(34)31-13-14-36-27(28)35/h3-12,15-16H,13-14H2,1-2H3,(H2,28,35)(H,30,33)(H,31,34). The first-order valence-corrected chi connectivity index (χ1v) is 11.5. The van der Waals surface area contributed by atoms with Crippen molar-refractivity contribution in [3.63, 3.8) is 0 Å². The minimum absolute atomic E-state index is 0.00632. The second-order valence-corrected chi connectivity index (χ2v) is 8.06. The number of anilines is 2. The molecule has 0 aliphatic heterocycles. The maximum atomic E-state index is 12.2. The molecule has 188 valence electrons. The first-order valence-electron chi connectivity index (χ1n) is 11.5. The van der Waals surface area contributed by atoms with Crippen molar-refractivity contribution < 1.29 is 19.1 Å². The number of hydrogen-bond donors (Lipinski definition) is 3. The fraction of sp³-hybridized carbons (Fsp3) is 0.148. The van der Waals surface area contributed by atoms with Crippen molar-refractivity contribution in [3.8, 4) is 22.9 Å². The molecule has 0 unspecified atom stereocenters. The van der Waals surface area contributed by atoms with Gasteiger partial charge in [-0.1, -0.05) is 6.07 Å².